The van der Waals surface area contributed by atoms with Gasteiger partial charge in [-0.05, 0) is 12.7 Å². The number of rotatable bonds is 5. The zero-order chi connectivity index (χ0) is 16.3. The summed E-state index contributed by atoms with van der Waals surface area (Å²) >= 11 is 0. The van der Waals surface area contributed by atoms with Gasteiger partial charge in [-0.15, -0.1) is 10.3 Å². The minimum absolute atomic E-state index is 0.0885. The second-order valence-electron chi connectivity index (χ2n) is 4.45. The number of aromatic nitrogens is 2. The van der Waals surface area contributed by atoms with Gasteiger partial charge in [-0.2, -0.15) is 4.98 Å². The Labute approximate surface area is 130 Å². The third-order valence-corrected chi connectivity index (χ3v) is 5.04. The Morgan fingerprint density at radius 1 is 1.59 bits per heavy atom. The average molecular weight is 350 g/mol. The molecule has 0 amide bonds. The van der Waals surface area contributed by atoms with E-state index in [1.165, 1.54) is 23.9 Å². The summed E-state index contributed by atoms with van der Waals surface area (Å²) in [4.78, 5) is 15.6. The minimum atomic E-state index is -1.56. The maximum absolute atomic E-state index is 11.9. The van der Waals surface area contributed by atoms with Crippen molar-refractivity contribution < 1.29 is 23.0 Å². The number of nitrogen functional groups attached to an aromatic ring is 1. The van der Waals surface area contributed by atoms with Gasteiger partial charge in [0.25, 0.3) is 0 Å². The summed E-state index contributed by atoms with van der Waals surface area (Å²) in [6, 6.07) is 1.45. The summed E-state index contributed by atoms with van der Waals surface area (Å²) in [5.74, 6) is 0.0885. The van der Waals surface area contributed by atoms with Crippen LogP contribution in [0.5, 0.6) is 0 Å². The van der Waals surface area contributed by atoms with Crippen molar-refractivity contribution in [2.45, 2.75) is 24.5 Å². The lowest BCUT2D eigenvalue weighted by atomic mass is 10.1. The van der Waals surface area contributed by atoms with E-state index in [0.29, 0.717) is 7.36 Å². The highest BCUT2D eigenvalue weighted by Gasteiger charge is 2.45. The SMILES string of the molecule is COC1C(O[S-](=O)=PC)C(CO)OC1n1ccc(N)nc1=O. The Morgan fingerprint density at radius 2 is 2.32 bits per heavy atom. The molecule has 0 aliphatic carbocycles. The standard InChI is InChI=1S/C11H17N3O6PS/c1-18-9-8(20-22(17)21-2)6(5-15)19-10(9)14-4-3-7(12)13-11(14)16/h3-4,6,8-10,15H,5H2,1-2H3,(H2,12,13,16)/q-1. The van der Waals surface area contributed by atoms with Gasteiger partial charge in [-0.3, -0.25) is 4.57 Å². The minimum Gasteiger partial charge on any atom is -0.441 e. The molecule has 1 aliphatic rings. The van der Waals surface area contributed by atoms with Crippen LogP contribution < -0.4 is 11.4 Å². The highest BCUT2D eigenvalue weighted by molar-refractivity contribution is 8.09. The molecule has 11 heteroatoms. The topological polar surface area (TPSA) is 126 Å². The first kappa shape index (κ1) is 17.3. The molecule has 2 rings (SSSR count). The van der Waals surface area contributed by atoms with E-state index in [0.717, 1.165) is 0 Å². The monoisotopic (exact) mass is 350 g/mol. The van der Waals surface area contributed by atoms with Crippen LogP contribution in [-0.4, -0.2) is 53.4 Å². The lowest BCUT2D eigenvalue weighted by Gasteiger charge is -2.25. The number of anilines is 1. The molecule has 1 saturated heterocycles. The smallest absolute Gasteiger partial charge is 0.351 e. The lowest BCUT2D eigenvalue weighted by molar-refractivity contribution is -0.0624. The summed E-state index contributed by atoms with van der Waals surface area (Å²) in [5.41, 5.74) is 4.84. The summed E-state index contributed by atoms with van der Waals surface area (Å²) in [6.45, 7) is 1.31. The quantitative estimate of drug-likeness (QED) is 0.537. The van der Waals surface area contributed by atoms with Crippen LogP contribution in [0.15, 0.2) is 17.1 Å². The highest BCUT2D eigenvalue weighted by Crippen LogP contribution is 2.33. The number of hydrogen-bond acceptors (Lipinski definition) is 9. The molecule has 2 heterocycles. The van der Waals surface area contributed by atoms with Gasteiger partial charge in [0.05, 0.1) is 12.7 Å². The molecule has 9 nitrogen and oxygen atoms in total. The molecule has 0 radical (unpaired) electrons. The second-order valence-corrected chi connectivity index (χ2v) is 7.43. The fourth-order valence-corrected chi connectivity index (χ4v) is 3.27. The Balaban J connectivity index is 2.36. The van der Waals surface area contributed by atoms with E-state index in [-0.39, 0.29) is 12.4 Å². The van der Waals surface area contributed by atoms with Gasteiger partial charge in [-0.1, -0.05) is 0 Å². The molecule has 4 unspecified atom stereocenters. The van der Waals surface area contributed by atoms with Crippen LogP contribution in [0.2, 0.25) is 0 Å². The first-order chi connectivity index (χ1) is 10.5. The first-order valence-electron chi connectivity index (χ1n) is 6.34. The van der Waals surface area contributed by atoms with Crippen LogP contribution in [0, 0.1) is 0 Å². The molecular formula is C11H17N3O6PS-. The molecule has 0 aromatic carbocycles. The predicted molar refractivity (Wildman–Crippen MR) is 80.5 cm³/mol. The van der Waals surface area contributed by atoms with Crippen LogP contribution >= 0.6 is 7.36 Å². The molecule has 22 heavy (non-hydrogen) atoms. The van der Waals surface area contributed by atoms with Crippen molar-refractivity contribution in [3.8, 4) is 0 Å². The molecule has 0 spiro atoms. The normalized spacial score (nSPS) is 29.8. The third-order valence-electron chi connectivity index (χ3n) is 3.21. The molecule has 3 N–H and O–H groups in total. The number of aliphatic hydroxyl groups is 1. The third kappa shape index (κ3) is 3.48. The van der Waals surface area contributed by atoms with Crippen LogP contribution in [0.4, 0.5) is 5.82 Å². The molecule has 1 aromatic rings. The molecule has 124 valence electrons. The second kappa shape index (κ2) is 7.49. The lowest BCUT2D eigenvalue weighted by Crippen LogP contribution is -2.38. The maximum atomic E-state index is 11.9. The Morgan fingerprint density at radius 3 is 2.86 bits per heavy atom. The summed E-state index contributed by atoms with van der Waals surface area (Å²) in [7, 11) is 0.379. The van der Waals surface area contributed by atoms with Gasteiger partial charge in [0, 0.05) is 13.3 Å². The average Bonchev–Trinajstić information content (AvgIpc) is 2.84. The van der Waals surface area contributed by atoms with Gasteiger partial charge in [0.1, 0.15) is 18.0 Å². The molecule has 1 fully saturated rings. The number of nitrogens with two attached hydrogens (primary N) is 1. The Hall–Kier alpha value is -1.03. The van der Waals surface area contributed by atoms with Gasteiger partial charge < -0.3 is 28.7 Å². The molecule has 4 atom stereocenters. The van der Waals surface area contributed by atoms with Crippen molar-refractivity contribution in [3.63, 3.8) is 0 Å². The zero-order valence-electron chi connectivity index (χ0n) is 12.0. The molecular weight excluding hydrogens is 333 g/mol. The van der Waals surface area contributed by atoms with Crippen molar-refractivity contribution in [3.05, 3.63) is 22.7 Å². The van der Waals surface area contributed by atoms with Crippen molar-refractivity contribution >= 4 is 23.4 Å². The van der Waals surface area contributed by atoms with E-state index >= 15 is 0 Å². The largest absolute Gasteiger partial charge is 0.441 e. The number of nitrogens with zero attached hydrogens (tertiary/aromatic N) is 2. The summed E-state index contributed by atoms with van der Waals surface area (Å²) in [5, 5.41) is 9.43. The van der Waals surface area contributed by atoms with Crippen LogP contribution in [0.25, 0.3) is 0 Å². The van der Waals surface area contributed by atoms with Gasteiger partial charge >= 0.3 is 5.69 Å². The van der Waals surface area contributed by atoms with E-state index in [2.05, 4.69) is 4.98 Å². The van der Waals surface area contributed by atoms with Crippen LogP contribution in [0.1, 0.15) is 6.23 Å². The van der Waals surface area contributed by atoms with Gasteiger partial charge in [0.15, 0.2) is 6.23 Å². The van der Waals surface area contributed by atoms with E-state index in [1.54, 1.807) is 6.66 Å². The maximum Gasteiger partial charge on any atom is 0.351 e. The fourth-order valence-electron chi connectivity index (χ4n) is 2.20. The highest BCUT2D eigenvalue weighted by atomic mass is 32.5. The number of methoxy groups -OCH3 is 1. The van der Waals surface area contributed by atoms with Crippen molar-refractivity contribution in [1.29, 1.82) is 0 Å². The molecule has 1 aromatic heterocycles. The van der Waals surface area contributed by atoms with Crippen molar-refractivity contribution in [2.75, 3.05) is 26.1 Å². The Bertz CT molecular complexity index is 661. The Kier molecular flexibility index (Phi) is 5.90. The van der Waals surface area contributed by atoms with Crippen LogP contribution in [-0.2, 0) is 28.1 Å². The number of ether oxygens (including phenoxy) is 2. The molecule has 0 bridgehead atoms. The van der Waals surface area contributed by atoms with E-state index < -0.39 is 40.5 Å². The predicted octanol–water partition coefficient (Wildman–Crippen LogP) is -0.515. The van der Waals surface area contributed by atoms with E-state index in [4.69, 9.17) is 19.4 Å². The zero-order valence-corrected chi connectivity index (χ0v) is 13.7. The van der Waals surface area contributed by atoms with Crippen molar-refractivity contribution in [1.82, 2.24) is 9.55 Å². The van der Waals surface area contributed by atoms with Gasteiger partial charge in [-0.25, -0.2) is 12.2 Å². The van der Waals surface area contributed by atoms with Crippen LogP contribution in [0.3, 0.4) is 0 Å². The summed E-state index contributed by atoms with van der Waals surface area (Å²) in [6.07, 6.45) is -1.72. The first-order valence-corrected chi connectivity index (χ1v) is 9.36. The molecule has 0 saturated carbocycles. The van der Waals surface area contributed by atoms with E-state index in [9.17, 15) is 14.1 Å². The van der Waals surface area contributed by atoms with Gasteiger partial charge in [0.2, 0.25) is 0 Å². The number of hydrogen-bond donors (Lipinski definition) is 2. The van der Waals surface area contributed by atoms with E-state index in [1.807, 2.05) is 0 Å². The fraction of sp³-hybridized carbons (Fsp3) is 0.636. The number of aliphatic hydroxyl groups excluding tert-OH is 1. The summed E-state index contributed by atoms with van der Waals surface area (Å²) < 4.78 is 29.2. The van der Waals surface area contributed by atoms with Crippen molar-refractivity contribution in [2.24, 2.45) is 0 Å². The molecule has 1 aliphatic heterocycles.